The first-order valence-corrected chi connectivity index (χ1v) is 7.74. The molecule has 1 aromatic rings. The summed E-state index contributed by atoms with van der Waals surface area (Å²) in [4.78, 5) is 25.6. The Kier molecular flexibility index (Phi) is 5.97. The number of nitriles is 1. The maximum atomic E-state index is 12.0. The molecule has 1 N–H and O–H groups in total. The van der Waals surface area contributed by atoms with Gasteiger partial charge < -0.3 is 10.1 Å². The number of amides is 1. The molecule has 0 bridgehead atoms. The molecule has 23 heavy (non-hydrogen) atoms. The highest BCUT2D eigenvalue weighted by Gasteiger charge is 2.31. The molecule has 1 heterocycles. The summed E-state index contributed by atoms with van der Waals surface area (Å²) >= 11 is 5.93. The first-order chi connectivity index (χ1) is 11.0. The predicted octanol–water partition coefficient (Wildman–Crippen LogP) is 2.18. The van der Waals surface area contributed by atoms with Crippen LogP contribution in [0.2, 0.25) is 5.02 Å². The molecule has 1 saturated heterocycles. The van der Waals surface area contributed by atoms with Crippen molar-refractivity contribution in [2.45, 2.75) is 25.3 Å². The number of methoxy groups -OCH3 is 1. The van der Waals surface area contributed by atoms with Gasteiger partial charge in [0.1, 0.15) is 12.1 Å². The number of hydrogen-bond acceptors (Lipinski definition) is 5. The number of esters is 1. The Bertz CT molecular complexity index is 642. The minimum atomic E-state index is -0.253. The minimum Gasteiger partial charge on any atom is -0.468 e. The number of rotatable bonds is 5. The van der Waals surface area contributed by atoms with Crippen molar-refractivity contribution >= 4 is 29.2 Å². The number of nitrogens with zero attached hydrogens (tertiary/aromatic N) is 2. The van der Waals surface area contributed by atoms with Crippen LogP contribution >= 0.6 is 11.6 Å². The van der Waals surface area contributed by atoms with Crippen LogP contribution in [0.4, 0.5) is 5.69 Å². The zero-order chi connectivity index (χ0) is 16.8. The zero-order valence-corrected chi connectivity index (χ0v) is 13.6. The summed E-state index contributed by atoms with van der Waals surface area (Å²) in [6.07, 6.45) is 1.96. The maximum absolute atomic E-state index is 12.0. The second kappa shape index (κ2) is 7.95. The SMILES string of the molecule is COC(=O)[C@H]1CCCN1CCC(=O)Nc1ccc(C#N)c(Cl)c1. The number of halogens is 1. The molecule has 0 aromatic heterocycles. The van der Waals surface area contributed by atoms with E-state index >= 15 is 0 Å². The second-order valence-electron chi connectivity index (χ2n) is 5.32. The second-order valence-corrected chi connectivity index (χ2v) is 5.73. The van der Waals surface area contributed by atoms with Gasteiger partial charge in [0.15, 0.2) is 0 Å². The highest BCUT2D eigenvalue weighted by Crippen LogP contribution is 2.21. The van der Waals surface area contributed by atoms with Crippen LogP contribution in [0.25, 0.3) is 0 Å². The Balaban J connectivity index is 1.87. The van der Waals surface area contributed by atoms with E-state index in [9.17, 15) is 9.59 Å². The Morgan fingerprint density at radius 1 is 1.52 bits per heavy atom. The summed E-state index contributed by atoms with van der Waals surface area (Å²) in [6, 6.07) is 6.45. The van der Waals surface area contributed by atoms with Crippen LogP contribution in [-0.2, 0) is 14.3 Å². The fourth-order valence-electron chi connectivity index (χ4n) is 2.65. The molecule has 2 rings (SSSR count). The molecule has 1 amide bonds. The predicted molar refractivity (Wildman–Crippen MR) is 86.0 cm³/mol. The van der Waals surface area contributed by atoms with Crippen LogP contribution in [0.15, 0.2) is 18.2 Å². The maximum Gasteiger partial charge on any atom is 0.323 e. The van der Waals surface area contributed by atoms with Crippen molar-refractivity contribution in [1.29, 1.82) is 5.26 Å². The number of carbonyl (C=O) groups is 2. The van der Waals surface area contributed by atoms with Crippen LogP contribution in [0.5, 0.6) is 0 Å². The number of nitrogens with one attached hydrogen (secondary N) is 1. The Hall–Kier alpha value is -2.10. The lowest BCUT2D eigenvalue weighted by atomic mass is 10.2. The number of hydrogen-bond donors (Lipinski definition) is 1. The molecule has 0 saturated carbocycles. The van der Waals surface area contributed by atoms with Crippen molar-refractivity contribution in [2.75, 3.05) is 25.5 Å². The lowest BCUT2D eigenvalue weighted by Crippen LogP contribution is -2.38. The Labute approximate surface area is 140 Å². The molecule has 7 heteroatoms. The van der Waals surface area contributed by atoms with E-state index in [2.05, 4.69) is 5.32 Å². The Morgan fingerprint density at radius 3 is 2.96 bits per heavy atom. The van der Waals surface area contributed by atoms with E-state index in [-0.39, 0.29) is 24.3 Å². The molecule has 0 unspecified atom stereocenters. The molecule has 0 spiro atoms. The molecule has 1 atom stereocenters. The van der Waals surface area contributed by atoms with Gasteiger partial charge in [-0.15, -0.1) is 0 Å². The monoisotopic (exact) mass is 335 g/mol. The van der Waals surface area contributed by atoms with Crippen LogP contribution in [0, 0.1) is 11.3 Å². The number of carbonyl (C=O) groups excluding carboxylic acids is 2. The van der Waals surface area contributed by atoms with Crippen LogP contribution in [0.3, 0.4) is 0 Å². The smallest absolute Gasteiger partial charge is 0.323 e. The van der Waals surface area contributed by atoms with Crippen LogP contribution in [0.1, 0.15) is 24.8 Å². The summed E-state index contributed by atoms with van der Waals surface area (Å²) in [5.74, 6) is -0.414. The van der Waals surface area contributed by atoms with Gasteiger partial charge in [-0.3, -0.25) is 14.5 Å². The number of likely N-dealkylation sites (tertiary alicyclic amines) is 1. The first-order valence-electron chi connectivity index (χ1n) is 7.36. The van der Waals surface area contributed by atoms with Crippen molar-refractivity contribution in [3.8, 4) is 6.07 Å². The van der Waals surface area contributed by atoms with Gasteiger partial charge in [0.25, 0.3) is 0 Å². The molecule has 1 aliphatic heterocycles. The number of anilines is 1. The molecule has 6 nitrogen and oxygen atoms in total. The Morgan fingerprint density at radius 2 is 2.30 bits per heavy atom. The van der Waals surface area contributed by atoms with Crippen molar-refractivity contribution in [3.05, 3.63) is 28.8 Å². The molecular formula is C16H18ClN3O3. The van der Waals surface area contributed by atoms with Gasteiger partial charge in [0.05, 0.1) is 17.7 Å². The van der Waals surface area contributed by atoms with Gasteiger partial charge in [0.2, 0.25) is 5.91 Å². The summed E-state index contributed by atoms with van der Waals surface area (Å²) < 4.78 is 4.78. The highest BCUT2D eigenvalue weighted by atomic mass is 35.5. The molecule has 0 radical (unpaired) electrons. The van der Waals surface area contributed by atoms with Gasteiger partial charge in [-0.25, -0.2) is 0 Å². The average Bonchev–Trinajstić information content (AvgIpc) is 3.01. The summed E-state index contributed by atoms with van der Waals surface area (Å²) in [6.45, 7) is 1.28. The van der Waals surface area contributed by atoms with Gasteiger partial charge in [-0.2, -0.15) is 5.26 Å². The first kappa shape index (κ1) is 17.3. The molecule has 122 valence electrons. The van der Waals surface area contributed by atoms with Gasteiger partial charge >= 0.3 is 5.97 Å². The van der Waals surface area contributed by atoms with Crippen LogP contribution < -0.4 is 5.32 Å². The standard InChI is InChI=1S/C16H18ClN3O3/c1-23-16(22)14-3-2-7-20(14)8-6-15(21)19-12-5-4-11(10-18)13(17)9-12/h4-5,9,14H,2-3,6-8H2,1H3,(H,19,21)/t14-/m1/s1. The van der Waals surface area contributed by atoms with Crippen LogP contribution in [-0.4, -0.2) is 43.0 Å². The molecular weight excluding hydrogens is 318 g/mol. The number of ether oxygens (including phenoxy) is 1. The molecule has 1 fully saturated rings. The number of benzene rings is 1. The fourth-order valence-corrected chi connectivity index (χ4v) is 2.87. The lowest BCUT2D eigenvalue weighted by Gasteiger charge is -2.21. The average molecular weight is 336 g/mol. The molecule has 1 aromatic carbocycles. The van der Waals surface area contributed by atoms with E-state index in [1.165, 1.54) is 7.11 Å². The highest BCUT2D eigenvalue weighted by molar-refractivity contribution is 6.32. The van der Waals surface area contributed by atoms with E-state index in [1.54, 1.807) is 18.2 Å². The summed E-state index contributed by atoms with van der Waals surface area (Å²) in [5, 5.41) is 11.9. The van der Waals surface area contributed by atoms with E-state index in [0.29, 0.717) is 22.8 Å². The van der Waals surface area contributed by atoms with E-state index in [1.807, 2.05) is 11.0 Å². The van der Waals surface area contributed by atoms with Gasteiger partial charge in [0, 0.05) is 18.7 Å². The topological polar surface area (TPSA) is 82.4 Å². The fraction of sp³-hybridized carbons (Fsp3) is 0.438. The minimum absolute atomic E-state index is 0.165. The summed E-state index contributed by atoms with van der Waals surface area (Å²) in [7, 11) is 1.38. The van der Waals surface area contributed by atoms with E-state index in [4.69, 9.17) is 21.6 Å². The third-order valence-corrected chi connectivity index (χ3v) is 4.15. The summed E-state index contributed by atoms with van der Waals surface area (Å²) in [5.41, 5.74) is 0.910. The van der Waals surface area contributed by atoms with Crippen molar-refractivity contribution in [1.82, 2.24) is 4.90 Å². The molecule has 1 aliphatic rings. The van der Waals surface area contributed by atoms with Crippen molar-refractivity contribution < 1.29 is 14.3 Å². The quantitative estimate of drug-likeness (QED) is 0.834. The normalized spacial score (nSPS) is 17.5. The van der Waals surface area contributed by atoms with Gasteiger partial charge in [-0.05, 0) is 37.6 Å². The molecule has 0 aliphatic carbocycles. The third kappa shape index (κ3) is 4.44. The lowest BCUT2D eigenvalue weighted by molar-refractivity contribution is -0.146. The zero-order valence-electron chi connectivity index (χ0n) is 12.8. The van der Waals surface area contributed by atoms with E-state index in [0.717, 1.165) is 19.4 Å². The van der Waals surface area contributed by atoms with Gasteiger partial charge in [-0.1, -0.05) is 11.6 Å². The largest absolute Gasteiger partial charge is 0.468 e. The third-order valence-electron chi connectivity index (χ3n) is 3.84. The van der Waals surface area contributed by atoms with Crippen molar-refractivity contribution in [2.24, 2.45) is 0 Å². The van der Waals surface area contributed by atoms with Crippen molar-refractivity contribution in [3.63, 3.8) is 0 Å². The van der Waals surface area contributed by atoms with E-state index < -0.39 is 0 Å².